The molecule has 0 bridgehead atoms. The van der Waals surface area contributed by atoms with E-state index in [0.717, 1.165) is 39.1 Å². The van der Waals surface area contributed by atoms with Crippen molar-refractivity contribution in [2.24, 2.45) is 0 Å². The van der Waals surface area contributed by atoms with E-state index >= 15 is 0 Å². The van der Waals surface area contributed by atoms with E-state index in [1.807, 2.05) is 49.4 Å². The molecule has 7 nitrogen and oxygen atoms in total. The maximum Gasteiger partial charge on any atom is 0.296 e. The highest BCUT2D eigenvalue weighted by Crippen LogP contribution is 2.23. The van der Waals surface area contributed by atoms with E-state index < -0.39 is 5.56 Å². The third kappa shape index (κ3) is 4.73. The van der Waals surface area contributed by atoms with E-state index in [1.54, 1.807) is 13.2 Å². The summed E-state index contributed by atoms with van der Waals surface area (Å²) in [5, 5.41) is 4.31. The van der Waals surface area contributed by atoms with Gasteiger partial charge in [0.25, 0.3) is 11.1 Å². The van der Waals surface area contributed by atoms with Gasteiger partial charge in [0.2, 0.25) is 4.96 Å². The highest BCUT2D eigenvalue weighted by atomic mass is 79.9. The fourth-order valence-corrected chi connectivity index (χ4v) is 4.40. The maximum absolute atomic E-state index is 12.9. The lowest BCUT2D eigenvalue weighted by Crippen LogP contribution is -2.28. The van der Waals surface area contributed by atoms with Gasteiger partial charge in [0, 0.05) is 16.5 Å². The lowest BCUT2D eigenvalue weighted by molar-refractivity contribution is 0.317. The topological polar surface area (TPSA) is 82.8 Å². The Bertz CT molecular complexity index is 1430. The van der Waals surface area contributed by atoms with Crippen molar-refractivity contribution in [1.29, 1.82) is 0 Å². The van der Waals surface area contributed by atoms with Crippen LogP contribution in [0.5, 0.6) is 11.5 Å². The van der Waals surface area contributed by atoms with Crippen LogP contribution in [0.4, 0.5) is 0 Å². The number of halogens is 1. The molecule has 164 valence electrons. The molecule has 4 aromatic rings. The zero-order valence-electron chi connectivity index (χ0n) is 17.5. The first-order valence-electron chi connectivity index (χ1n) is 9.98. The summed E-state index contributed by atoms with van der Waals surface area (Å²) in [4.78, 5) is 29.8. The molecular formula is C23H20BrN3O4S. The highest BCUT2D eigenvalue weighted by Gasteiger charge is 2.12. The summed E-state index contributed by atoms with van der Waals surface area (Å²) < 4.78 is 13.4. The molecule has 0 atom stereocenters. The molecule has 0 radical (unpaired) electrons. The summed E-state index contributed by atoms with van der Waals surface area (Å²) in [6, 6.07) is 13.0. The van der Waals surface area contributed by atoms with Crippen LogP contribution >= 0.6 is 27.3 Å². The van der Waals surface area contributed by atoms with Crippen molar-refractivity contribution in [3.05, 3.63) is 89.0 Å². The van der Waals surface area contributed by atoms with E-state index in [0.29, 0.717) is 16.9 Å². The molecule has 0 aliphatic heterocycles. The lowest BCUT2D eigenvalue weighted by Gasteiger charge is -2.05. The number of methoxy groups -OCH3 is 1. The fourth-order valence-electron chi connectivity index (χ4n) is 3.13. The lowest BCUT2D eigenvalue weighted by atomic mass is 10.1. The van der Waals surface area contributed by atoms with Gasteiger partial charge in [-0.25, -0.2) is 0 Å². The number of nitrogens with zero attached hydrogens (tertiary/aromatic N) is 3. The van der Waals surface area contributed by atoms with Crippen LogP contribution in [0.15, 0.2) is 56.5 Å². The maximum atomic E-state index is 12.9. The van der Waals surface area contributed by atoms with Crippen molar-refractivity contribution in [3.8, 4) is 11.5 Å². The molecule has 0 fully saturated rings. The normalized spacial score (nSPS) is 11.8. The van der Waals surface area contributed by atoms with Crippen LogP contribution in [0.3, 0.4) is 0 Å². The third-order valence-electron chi connectivity index (χ3n) is 4.70. The second-order valence-corrected chi connectivity index (χ2v) is 8.95. The quantitative estimate of drug-likeness (QED) is 0.377. The molecule has 0 saturated carbocycles. The van der Waals surface area contributed by atoms with Crippen molar-refractivity contribution in [1.82, 2.24) is 14.6 Å². The summed E-state index contributed by atoms with van der Waals surface area (Å²) in [6.07, 6.45) is 2.92. The first kappa shape index (κ1) is 22.2. The monoisotopic (exact) mass is 513 g/mol. The number of benzene rings is 2. The summed E-state index contributed by atoms with van der Waals surface area (Å²) in [5.41, 5.74) is 1.06. The molecule has 9 heteroatoms. The number of ether oxygens (including phenoxy) is 2. The van der Waals surface area contributed by atoms with Crippen LogP contribution in [0.25, 0.3) is 11.0 Å². The number of fused-ring (bicyclic) bond motifs is 1. The molecule has 0 unspecified atom stereocenters. The average molecular weight is 514 g/mol. The Hall–Kier alpha value is -3.04. The van der Waals surface area contributed by atoms with E-state index in [2.05, 4.69) is 26.0 Å². The van der Waals surface area contributed by atoms with Gasteiger partial charge in [-0.1, -0.05) is 46.3 Å². The minimum Gasteiger partial charge on any atom is -0.496 e. The molecule has 32 heavy (non-hydrogen) atoms. The number of hydrogen-bond donors (Lipinski definition) is 0. The standard InChI is InChI=1S/C23H20BrN3O4S/c1-3-10-31-17-7-4-14(5-8-17)11-18-21(28)25-23-27(26-18)22(29)20(32-23)13-15-12-16(24)6-9-19(15)30-2/h4-9,12-13H,3,10-11H2,1-2H3. The number of thiazole rings is 1. The van der Waals surface area contributed by atoms with Gasteiger partial charge in [0.15, 0.2) is 0 Å². The van der Waals surface area contributed by atoms with Gasteiger partial charge >= 0.3 is 0 Å². The van der Waals surface area contributed by atoms with Gasteiger partial charge in [0.1, 0.15) is 17.2 Å². The summed E-state index contributed by atoms with van der Waals surface area (Å²) in [5.74, 6) is 1.41. The van der Waals surface area contributed by atoms with Crippen molar-refractivity contribution >= 4 is 38.3 Å². The molecular weight excluding hydrogens is 494 g/mol. The van der Waals surface area contributed by atoms with E-state index in [1.165, 1.54) is 4.52 Å². The second-order valence-electron chi connectivity index (χ2n) is 7.03. The Balaban J connectivity index is 1.70. The van der Waals surface area contributed by atoms with E-state index in [9.17, 15) is 9.59 Å². The molecule has 2 heterocycles. The van der Waals surface area contributed by atoms with Crippen molar-refractivity contribution in [2.45, 2.75) is 19.8 Å². The second kappa shape index (κ2) is 9.62. The van der Waals surface area contributed by atoms with E-state index in [4.69, 9.17) is 9.47 Å². The largest absolute Gasteiger partial charge is 0.496 e. The summed E-state index contributed by atoms with van der Waals surface area (Å²) >= 11 is 4.55. The van der Waals surface area contributed by atoms with Crippen LogP contribution in [0.1, 0.15) is 30.2 Å². The predicted molar refractivity (Wildman–Crippen MR) is 128 cm³/mol. The molecule has 0 amide bonds. The molecule has 2 aromatic heterocycles. The van der Waals surface area contributed by atoms with Crippen LogP contribution < -0.4 is 25.1 Å². The van der Waals surface area contributed by atoms with Gasteiger partial charge in [-0.05, 0) is 48.4 Å². The fraction of sp³-hybridized carbons (Fsp3) is 0.217. The van der Waals surface area contributed by atoms with E-state index in [-0.39, 0.29) is 22.6 Å². The van der Waals surface area contributed by atoms with Crippen molar-refractivity contribution < 1.29 is 9.47 Å². The Labute approximate surface area is 196 Å². The molecule has 4 rings (SSSR count). The minimum atomic E-state index is -0.441. The first-order valence-corrected chi connectivity index (χ1v) is 11.6. The van der Waals surface area contributed by atoms with Crippen LogP contribution in [-0.2, 0) is 6.42 Å². The number of aromatic nitrogens is 3. The Morgan fingerprint density at radius 3 is 2.66 bits per heavy atom. The summed E-state index contributed by atoms with van der Waals surface area (Å²) in [7, 11) is 1.57. The molecule has 0 aliphatic carbocycles. The predicted octanol–water partition coefficient (Wildman–Crippen LogP) is 3.21. The third-order valence-corrected chi connectivity index (χ3v) is 6.15. The van der Waals surface area contributed by atoms with Gasteiger partial charge < -0.3 is 9.47 Å². The van der Waals surface area contributed by atoms with Crippen molar-refractivity contribution in [3.63, 3.8) is 0 Å². The smallest absolute Gasteiger partial charge is 0.296 e. The van der Waals surface area contributed by atoms with Crippen LogP contribution in [0.2, 0.25) is 0 Å². The van der Waals surface area contributed by atoms with Crippen LogP contribution in [0, 0.1) is 0 Å². The zero-order chi connectivity index (χ0) is 22.7. The van der Waals surface area contributed by atoms with Crippen molar-refractivity contribution in [2.75, 3.05) is 13.7 Å². The minimum absolute atomic E-state index is 0.214. The molecule has 2 aromatic carbocycles. The Kier molecular flexibility index (Phi) is 6.66. The SMILES string of the molecule is CCCOc1ccc(Cc2nn3c(=O)c(=Cc4cc(Br)ccc4OC)sc3nc2=O)cc1. The molecule has 0 saturated heterocycles. The highest BCUT2D eigenvalue weighted by molar-refractivity contribution is 9.10. The van der Waals surface area contributed by atoms with Gasteiger partial charge in [-0.15, -0.1) is 0 Å². The Morgan fingerprint density at radius 1 is 1.16 bits per heavy atom. The van der Waals surface area contributed by atoms with Gasteiger partial charge in [-0.3, -0.25) is 9.59 Å². The molecule has 0 spiro atoms. The molecule has 0 N–H and O–H groups in total. The van der Waals surface area contributed by atoms with Crippen LogP contribution in [-0.4, -0.2) is 28.3 Å². The zero-order valence-corrected chi connectivity index (χ0v) is 19.9. The average Bonchev–Trinajstić information content (AvgIpc) is 3.08. The van der Waals surface area contributed by atoms with Gasteiger partial charge in [0.05, 0.1) is 18.2 Å². The van der Waals surface area contributed by atoms with Gasteiger partial charge in [-0.2, -0.15) is 14.6 Å². The molecule has 0 aliphatic rings. The summed E-state index contributed by atoms with van der Waals surface area (Å²) in [6.45, 7) is 2.70. The number of hydrogen-bond acceptors (Lipinski definition) is 7. The first-order chi connectivity index (χ1) is 15.5. The number of rotatable bonds is 7. The Morgan fingerprint density at radius 2 is 1.94 bits per heavy atom.